The Bertz CT molecular complexity index is 1070. The summed E-state index contributed by atoms with van der Waals surface area (Å²) in [4.78, 5) is 27.4. The Kier molecular flexibility index (Phi) is 6.16. The van der Waals surface area contributed by atoms with Gasteiger partial charge < -0.3 is 0 Å². The molecule has 0 saturated carbocycles. The minimum absolute atomic E-state index is 0.270. The lowest BCUT2D eigenvalue weighted by Gasteiger charge is -2.10. The Balaban J connectivity index is 1.62. The maximum absolute atomic E-state index is 13.2. The van der Waals surface area contributed by atoms with Crippen LogP contribution in [0.15, 0.2) is 61.4 Å². The van der Waals surface area contributed by atoms with Crippen molar-refractivity contribution in [2.24, 2.45) is 4.99 Å². The van der Waals surface area contributed by atoms with Crippen LogP contribution in [0.25, 0.3) is 0 Å². The number of carbonyl (C=O) groups is 1. The second-order valence-corrected chi connectivity index (χ2v) is 9.03. The number of hydrogen-bond acceptors (Lipinski definition) is 8. The fourth-order valence-electron chi connectivity index (χ4n) is 2.39. The summed E-state index contributed by atoms with van der Waals surface area (Å²) < 4.78 is 13.2. The number of pyridine rings is 1. The number of halogens is 1. The molecule has 4 rings (SSSR count). The topological polar surface area (TPSA) is 95.9 Å². The third kappa shape index (κ3) is 5.17. The summed E-state index contributed by atoms with van der Waals surface area (Å²) in [5.41, 5.74) is 0.270. The van der Waals surface area contributed by atoms with Gasteiger partial charge in [0.05, 0.1) is 6.54 Å². The van der Waals surface area contributed by atoms with Crippen LogP contribution in [-0.4, -0.2) is 43.5 Å². The van der Waals surface area contributed by atoms with Crippen molar-refractivity contribution in [3.8, 4) is 0 Å². The number of hydrogen-bond donors (Lipinski definition) is 2. The Morgan fingerprint density at radius 3 is 2.69 bits per heavy atom. The van der Waals surface area contributed by atoms with Crippen LogP contribution in [0.5, 0.6) is 0 Å². The van der Waals surface area contributed by atoms with E-state index in [9.17, 15) is 9.18 Å². The molecule has 29 heavy (non-hydrogen) atoms. The monoisotopic (exact) mass is 446 g/mol. The minimum Gasteiger partial charge on any atom is -0.300 e. The van der Waals surface area contributed by atoms with Crippen molar-refractivity contribution in [1.82, 2.24) is 25.5 Å². The molecule has 11 heteroatoms. The quantitative estimate of drug-likeness (QED) is 0.616. The third-order valence-corrected chi connectivity index (χ3v) is 6.42. The molecule has 148 valence electrons. The first-order valence-electron chi connectivity index (χ1n) is 8.57. The first-order chi connectivity index (χ1) is 14.1. The van der Waals surface area contributed by atoms with Crippen molar-refractivity contribution in [3.05, 3.63) is 53.7 Å². The first-order valence-corrected chi connectivity index (χ1v) is 11.2. The molecule has 0 spiro atoms. The van der Waals surface area contributed by atoms with E-state index >= 15 is 0 Å². The maximum atomic E-state index is 13.2. The van der Waals surface area contributed by atoms with E-state index < -0.39 is 0 Å². The van der Waals surface area contributed by atoms with Crippen molar-refractivity contribution in [3.63, 3.8) is 0 Å². The molecule has 0 saturated heterocycles. The van der Waals surface area contributed by atoms with Gasteiger partial charge in [-0.3, -0.25) is 20.2 Å². The van der Waals surface area contributed by atoms with Gasteiger partial charge in [-0.05, 0) is 55.1 Å². The average Bonchev–Trinajstić information content (AvgIpc) is 3.36. The Labute approximate surface area is 178 Å². The van der Waals surface area contributed by atoms with Crippen LogP contribution in [0.1, 0.15) is 16.3 Å². The number of carbonyl (C=O) groups excluding carboxylic acids is 1. The van der Waals surface area contributed by atoms with Gasteiger partial charge in [0, 0.05) is 15.5 Å². The zero-order valence-electron chi connectivity index (χ0n) is 15.2. The summed E-state index contributed by atoms with van der Waals surface area (Å²) in [6.45, 7) is 2.50. The van der Waals surface area contributed by atoms with E-state index in [2.05, 4.69) is 30.5 Å². The number of rotatable bonds is 5. The summed E-state index contributed by atoms with van der Waals surface area (Å²) in [6, 6.07) is 9.72. The molecule has 1 amide bonds. The Morgan fingerprint density at radius 1 is 1.17 bits per heavy atom. The highest BCUT2D eigenvalue weighted by molar-refractivity contribution is 8.14. The molecule has 3 aromatic rings. The van der Waals surface area contributed by atoms with Gasteiger partial charge in [-0.1, -0.05) is 23.5 Å². The number of aromatic nitrogens is 4. The zero-order chi connectivity index (χ0) is 20.2. The number of aliphatic imine (C=N–C) groups is 1. The average molecular weight is 447 g/mol. The molecule has 0 bridgehead atoms. The molecule has 2 aromatic heterocycles. The van der Waals surface area contributed by atoms with Gasteiger partial charge in [0.2, 0.25) is 5.16 Å². The number of aryl methyl sites for hydroxylation is 1. The van der Waals surface area contributed by atoms with Gasteiger partial charge in [0.1, 0.15) is 22.4 Å². The van der Waals surface area contributed by atoms with E-state index in [-0.39, 0.29) is 17.4 Å². The van der Waals surface area contributed by atoms with Crippen molar-refractivity contribution in [1.29, 1.82) is 0 Å². The SMILES string of the molecule is Cc1nc(Sc2ccc(Sc3ccc(F)cc3)c(C(=O)NC3=NCCS3)n2)n[nH]1. The van der Waals surface area contributed by atoms with Gasteiger partial charge in [0.25, 0.3) is 5.91 Å². The molecule has 7 nitrogen and oxygen atoms in total. The number of amidine groups is 1. The van der Waals surface area contributed by atoms with Crippen molar-refractivity contribution in [2.75, 3.05) is 12.3 Å². The fraction of sp³-hybridized carbons (Fsp3) is 0.167. The molecular weight excluding hydrogens is 431 g/mol. The largest absolute Gasteiger partial charge is 0.300 e. The number of nitrogens with zero attached hydrogens (tertiary/aromatic N) is 4. The van der Waals surface area contributed by atoms with Crippen LogP contribution >= 0.6 is 35.3 Å². The number of H-pyrrole nitrogens is 1. The van der Waals surface area contributed by atoms with Gasteiger partial charge in [0.15, 0.2) is 5.17 Å². The second-order valence-electron chi connectivity index (χ2n) is 5.85. The van der Waals surface area contributed by atoms with Crippen molar-refractivity contribution < 1.29 is 9.18 Å². The molecule has 1 aliphatic rings. The highest BCUT2D eigenvalue weighted by Crippen LogP contribution is 2.32. The normalized spacial score (nSPS) is 13.4. The highest BCUT2D eigenvalue weighted by atomic mass is 32.2. The van der Waals surface area contributed by atoms with E-state index in [4.69, 9.17) is 0 Å². The lowest BCUT2D eigenvalue weighted by molar-refractivity contribution is 0.0969. The molecular formula is C18H15FN6OS3. The Hall–Kier alpha value is -2.37. The number of benzene rings is 1. The van der Waals surface area contributed by atoms with Crippen molar-refractivity contribution in [2.45, 2.75) is 26.9 Å². The molecule has 0 atom stereocenters. The minimum atomic E-state index is -0.337. The van der Waals surface area contributed by atoms with E-state index in [1.54, 1.807) is 18.2 Å². The van der Waals surface area contributed by atoms with Crippen molar-refractivity contribution >= 4 is 46.4 Å². The third-order valence-electron chi connectivity index (χ3n) is 3.67. The number of amides is 1. The molecule has 0 unspecified atom stereocenters. The maximum Gasteiger partial charge on any atom is 0.277 e. The lowest BCUT2D eigenvalue weighted by Crippen LogP contribution is -2.28. The predicted molar refractivity (Wildman–Crippen MR) is 112 cm³/mol. The number of thioether (sulfide) groups is 1. The summed E-state index contributed by atoms with van der Waals surface area (Å²) in [7, 11) is 0. The Morgan fingerprint density at radius 2 is 2.00 bits per heavy atom. The van der Waals surface area contributed by atoms with Crippen LogP contribution in [0.3, 0.4) is 0 Å². The van der Waals surface area contributed by atoms with Crippen LogP contribution in [0, 0.1) is 12.7 Å². The second kappa shape index (κ2) is 8.97. The van der Waals surface area contributed by atoms with Gasteiger partial charge in [-0.25, -0.2) is 14.4 Å². The van der Waals surface area contributed by atoms with Crippen LogP contribution in [-0.2, 0) is 0 Å². The highest BCUT2D eigenvalue weighted by Gasteiger charge is 2.19. The molecule has 3 heterocycles. The van der Waals surface area contributed by atoms with Crippen LogP contribution in [0.4, 0.5) is 4.39 Å². The van der Waals surface area contributed by atoms with Gasteiger partial charge >= 0.3 is 0 Å². The van der Waals surface area contributed by atoms with E-state index in [1.165, 1.54) is 47.4 Å². The molecule has 1 aliphatic heterocycles. The zero-order valence-corrected chi connectivity index (χ0v) is 17.6. The van der Waals surface area contributed by atoms with E-state index in [0.717, 1.165) is 10.6 Å². The molecule has 1 aromatic carbocycles. The van der Waals surface area contributed by atoms with Crippen LogP contribution in [0.2, 0.25) is 0 Å². The number of aromatic amines is 1. The summed E-state index contributed by atoms with van der Waals surface area (Å²) in [6.07, 6.45) is 0. The molecule has 0 fully saturated rings. The first kappa shape index (κ1) is 19.9. The smallest absolute Gasteiger partial charge is 0.277 e. The molecule has 0 aliphatic carbocycles. The molecule has 0 radical (unpaired) electrons. The van der Waals surface area contributed by atoms with E-state index in [1.807, 2.05) is 13.0 Å². The van der Waals surface area contributed by atoms with Crippen LogP contribution < -0.4 is 5.32 Å². The standard InChI is InChI=1S/C18H15FN6OS3/c1-10-21-18(25-24-10)29-14-7-6-13(28-12-4-2-11(19)3-5-12)15(22-14)16(26)23-17-20-8-9-27-17/h2-7H,8-9H2,1H3,(H,20,23,26)(H,21,24,25). The number of nitrogens with one attached hydrogen (secondary N) is 2. The summed E-state index contributed by atoms with van der Waals surface area (Å²) >= 11 is 4.10. The molecule has 2 N–H and O–H groups in total. The fourth-order valence-corrected chi connectivity index (χ4v) is 4.74. The lowest BCUT2D eigenvalue weighted by atomic mass is 10.3. The predicted octanol–water partition coefficient (Wildman–Crippen LogP) is 3.78. The summed E-state index contributed by atoms with van der Waals surface area (Å²) in [5.74, 6) is 0.900. The summed E-state index contributed by atoms with van der Waals surface area (Å²) in [5, 5.41) is 11.4. The van der Waals surface area contributed by atoms with Gasteiger partial charge in [-0.2, -0.15) is 0 Å². The van der Waals surface area contributed by atoms with E-state index in [0.29, 0.717) is 32.6 Å². The van der Waals surface area contributed by atoms with Gasteiger partial charge in [-0.15, -0.1) is 5.10 Å².